The van der Waals surface area contributed by atoms with Crippen molar-refractivity contribution in [2.45, 2.75) is 0 Å². The number of halogens is 2. The Morgan fingerprint density at radius 3 is 2.90 bits per heavy atom. The molecule has 0 bridgehead atoms. The first-order valence-electron chi connectivity index (χ1n) is 5.37. The molecule has 0 aliphatic carbocycles. The van der Waals surface area contributed by atoms with Crippen LogP contribution in [0.15, 0.2) is 34.9 Å². The van der Waals surface area contributed by atoms with E-state index in [2.05, 4.69) is 26.2 Å². The van der Waals surface area contributed by atoms with Crippen molar-refractivity contribution in [2.24, 2.45) is 0 Å². The SMILES string of the molecule is N#Cc1c(F)cccc1Nc1ncc(Br)cc1C(=O)O. The van der Waals surface area contributed by atoms with Crippen LogP contribution in [0.2, 0.25) is 0 Å². The van der Waals surface area contributed by atoms with Crippen LogP contribution in [0.25, 0.3) is 0 Å². The molecule has 100 valence electrons. The lowest BCUT2D eigenvalue weighted by molar-refractivity contribution is 0.0697. The zero-order chi connectivity index (χ0) is 14.7. The van der Waals surface area contributed by atoms with E-state index < -0.39 is 11.8 Å². The number of aromatic carboxylic acids is 1. The molecule has 0 amide bonds. The number of benzene rings is 1. The van der Waals surface area contributed by atoms with E-state index in [-0.39, 0.29) is 22.6 Å². The van der Waals surface area contributed by atoms with Gasteiger partial charge in [-0.2, -0.15) is 5.26 Å². The summed E-state index contributed by atoms with van der Waals surface area (Å²) in [5.74, 6) is -1.84. The van der Waals surface area contributed by atoms with Crippen LogP contribution in [0.5, 0.6) is 0 Å². The topological polar surface area (TPSA) is 86.0 Å². The number of aromatic nitrogens is 1. The normalized spacial score (nSPS) is 9.85. The number of carbonyl (C=O) groups is 1. The van der Waals surface area contributed by atoms with Gasteiger partial charge in [0.1, 0.15) is 28.8 Å². The van der Waals surface area contributed by atoms with E-state index in [0.29, 0.717) is 4.47 Å². The summed E-state index contributed by atoms with van der Waals surface area (Å²) in [7, 11) is 0. The van der Waals surface area contributed by atoms with Crippen molar-refractivity contribution in [3.8, 4) is 6.07 Å². The lowest BCUT2D eigenvalue weighted by Gasteiger charge is -2.10. The molecule has 0 atom stereocenters. The largest absolute Gasteiger partial charge is 0.478 e. The first-order valence-corrected chi connectivity index (χ1v) is 6.16. The average molecular weight is 336 g/mol. The summed E-state index contributed by atoms with van der Waals surface area (Å²) in [5.41, 5.74) is -0.133. The van der Waals surface area contributed by atoms with Gasteiger partial charge in [0, 0.05) is 10.7 Å². The quantitative estimate of drug-likeness (QED) is 0.898. The van der Waals surface area contributed by atoms with Gasteiger partial charge in [-0.25, -0.2) is 14.2 Å². The minimum atomic E-state index is -1.18. The first-order chi connectivity index (χ1) is 9.52. The van der Waals surface area contributed by atoms with E-state index in [1.807, 2.05) is 0 Å². The number of anilines is 2. The van der Waals surface area contributed by atoms with Gasteiger partial charge in [-0.15, -0.1) is 0 Å². The maximum absolute atomic E-state index is 13.5. The van der Waals surface area contributed by atoms with Crippen molar-refractivity contribution in [1.29, 1.82) is 5.26 Å². The van der Waals surface area contributed by atoms with E-state index in [9.17, 15) is 9.18 Å². The fourth-order valence-corrected chi connectivity index (χ4v) is 1.90. The number of nitrogens with one attached hydrogen (secondary N) is 1. The maximum atomic E-state index is 13.5. The number of hydrogen-bond acceptors (Lipinski definition) is 4. The second-order valence-electron chi connectivity index (χ2n) is 3.75. The van der Waals surface area contributed by atoms with E-state index in [0.717, 1.165) is 6.07 Å². The van der Waals surface area contributed by atoms with Crippen LogP contribution in [0.3, 0.4) is 0 Å². The molecule has 0 aliphatic rings. The monoisotopic (exact) mass is 335 g/mol. The summed E-state index contributed by atoms with van der Waals surface area (Å²) in [4.78, 5) is 15.1. The van der Waals surface area contributed by atoms with Crippen molar-refractivity contribution in [3.05, 3.63) is 51.9 Å². The molecule has 0 radical (unpaired) electrons. The van der Waals surface area contributed by atoms with E-state index >= 15 is 0 Å². The van der Waals surface area contributed by atoms with Crippen LogP contribution in [-0.4, -0.2) is 16.1 Å². The van der Waals surface area contributed by atoms with Gasteiger partial charge in [0.25, 0.3) is 0 Å². The van der Waals surface area contributed by atoms with Crippen LogP contribution in [0.4, 0.5) is 15.9 Å². The van der Waals surface area contributed by atoms with Gasteiger partial charge in [0.2, 0.25) is 0 Å². The highest BCUT2D eigenvalue weighted by Crippen LogP contribution is 2.25. The van der Waals surface area contributed by atoms with Crippen molar-refractivity contribution < 1.29 is 14.3 Å². The van der Waals surface area contributed by atoms with Crippen LogP contribution < -0.4 is 5.32 Å². The third-order valence-corrected chi connectivity index (χ3v) is 2.90. The Hall–Kier alpha value is -2.46. The molecular weight excluding hydrogens is 329 g/mol. The van der Waals surface area contributed by atoms with Crippen molar-refractivity contribution in [1.82, 2.24) is 4.98 Å². The van der Waals surface area contributed by atoms with Gasteiger partial charge in [-0.05, 0) is 34.1 Å². The highest BCUT2D eigenvalue weighted by atomic mass is 79.9. The molecule has 7 heteroatoms. The molecule has 1 aromatic carbocycles. The molecule has 0 spiro atoms. The fraction of sp³-hybridized carbons (Fsp3) is 0. The molecule has 0 saturated carbocycles. The predicted molar refractivity (Wildman–Crippen MR) is 73.3 cm³/mol. The zero-order valence-electron chi connectivity index (χ0n) is 9.89. The minimum absolute atomic E-state index is 0.0304. The van der Waals surface area contributed by atoms with Crippen LogP contribution in [0, 0.1) is 17.1 Å². The molecule has 2 rings (SSSR count). The van der Waals surface area contributed by atoms with E-state index in [1.54, 1.807) is 6.07 Å². The van der Waals surface area contributed by atoms with Gasteiger partial charge in [0.05, 0.1) is 5.69 Å². The molecule has 0 saturated heterocycles. The smallest absolute Gasteiger partial charge is 0.339 e. The van der Waals surface area contributed by atoms with Gasteiger partial charge < -0.3 is 10.4 Å². The number of nitriles is 1. The lowest BCUT2D eigenvalue weighted by Crippen LogP contribution is -2.06. The lowest BCUT2D eigenvalue weighted by atomic mass is 10.1. The summed E-state index contributed by atoms with van der Waals surface area (Å²) in [5, 5.41) is 20.7. The molecule has 2 N–H and O–H groups in total. The average Bonchev–Trinajstić information content (AvgIpc) is 2.41. The van der Waals surface area contributed by atoms with Gasteiger partial charge in [-0.3, -0.25) is 0 Å². The highest BCUT2D eigenvalue weighted by molar-refractivity contribution is 9.10. The third-order valence-electron chi connectivity index (χ3n) is 2.46. The highest BCUT2D eigenvalue weighted by Gasteiger charge is 2.15. The van der Waals surface area contributed by atoms with Crippen molar-refractivity contribution >= 4 is 33.4 Å². The number of carboxylic acid groups (broad SMARTS) is 1. The maximum Gasteiger partial charge on any atom is 0.339 e. The fourth-order valence-electron chi connectivity index (χ4n) is 1.57. The number of carboxylic acids is 1. The number of pyridine rings is 1. The van der Waals surface area contributed by atoms with Crippen LogP contribution in [0.1, 0.15) is 15.9 Å². The summed E-state index contributed by atoms with van der Waals surface area (Å²) < 4.78 is 14.0. The summed E-state index contributed by atoms with van der Waals surface area (Å²) in [6.07, 6.45) is 1.40. The molecule has 1 heterocycles. The summed E-state index contributed by atoms with van der Waals surface area (Å²) >= 11 is 3.12. The molecule has 2 aromatic rings. The van der Waals surface area contributed by atoms with Crippen molar-refractivity contribution in [3.63, 3.8) is 0 Å². The van der Waals surface area contributed by atoms with E-state index in [1.165, 1.54) is 24.4 Å². The molecule has 20 heavy (non-hydrogen) atoms. The molecule has 0 aliphatic heterocycles. The number of hydrogen-bond donors (Lipinski definition) is 2. The second kappa shape index (κ2) is 5.67. The Labute approximate surface area is 121 Å². The van der Waals surface area contributed by atoms with Gasteiger partial charge in [0.15, 0.2) is 0 Å². The predicted octanol–water partition coefficient (Wildman–Crippen LogP) is 3.30. The Bertz CT molecular complexity index is 728. The van der Waals surface area contributed by atoms with Crippen LogP contribution >= 0.6 is 15.9 Å². The molecule has 0 unspecified atom stereocenters. The number of rotatable bonds is 3. The standard InChI is InChI=1S/C13H7BrFN3O2/c14-7-4-8(13(19)20)12(17-6-7)18-11-3-1-2-10(15)9(11)5-16/h1-4,6H,(H,17,18)(H,19,20). The molecule has 0 fully saturated rings. The third kappa shape index (κ3) is 2.75. The van der Waals surface area contributed by atoms with Crippen LogP contribution in [-0.2, 0) is 0 Å². The zero-order valence-corrected chi connectivity index (χ0v) is 11.5. The summed E-state index contributed by atoms with van der Waals surface area (Å²) in [6, 6.07) is 7.12. The molecule has 5 nitrogen and oxygen atoms in total. The van der Waals surface area contributed by atoms with E-state index in [4.69, 9.17) is 10.4 Å². The van der Waals surface area contributed by atoms with Gasteiger partial charge in [-0.1, -0.05) is 6.07 Å². The van der Waals surface area contributed by atoms with Gasteiger partial charge >= 0.3 is 5.97 Å². The number of nitrogens with zero attached hydrogens (tertiary/aromatic N) is 2. The van der Waals surface area contributed by atoms with Crippen molar-refractivity contribution in [2.75, 3.05) is 5.32 Å². The Balaban J connectivity index is 2.49. The second-order valence-corrected chi connectivity index (χ2v) is 4.67. The Morgan fingerprint density at radius 2 is 2.25 bits per heavy atom. The molecule has 1 aromatic heterocycles. The minimum Gasteiger partial charge on any atom is -0.478 e. The summed E-state index contributed by atoms with van der Waals surface area (Å²) in [6.45, 7) is 0. The Morgan fingerprint density at radius 1 is 1.50 bits per heavy atom. The Kier molecular flexibility index (Phi) is 3.96. The molecular formula is C13H7BrFN3O2. The first kappa shape index (κ1) is 14.0.